The number of ether oxygens (including phenoxy) is 2. The van der Waals surface area contributed by atoms with Crippen molar-refractivity contribution in [2.75, 3.05) is 7.11 Å². The van der Waals surface area contributed by atoms with Crippen molar-refractivity contribution in [3.63, 3.8) is 0 Å². The van der Waals surface area contributed by atoms with Crippen LogP contribution in [0.5, 0.6) is 11.5 Å². The second-order valence-corrected chi connectivity index (χ2v) is 20.0. The van der Waals surface area contributed by atoms with E-state index in [0.717, 1.165) is 5.56 Å². The van der Waals surface area contributed by atoms with E-state index in [4.69, 9.17) is 28.9 Å². The van der Waals surface area contributed by atoms with Crippen LogP contribution in [0, 0.1) is 0 Å². The topological polar surface area (TPSA) is 18.5 Å². The molecule has 1 aromatic rings. The molecule has 2 nitrogen and oxygen atoms in total. The van der Waals surface area contributed by atoms with E-state index in [1.165, 1.54) is 17.0 Å². The normalized spacial score (nSPS) is 20.8. The fourth-order valence-electron chi connectivity index (χ4n) is 6.53. The van der Waals surface area contributed by atoms with Gasteiger partial charge in [-0.3, -0.25) is 0 Å². The summed E-state index contributed by atoms with van der Waals surface area (Å²) < 4.78 is 12.8. The van der Waals surface area contributed by atoms with Gasteiger partial charge in [-0.25, -0.2) is 0 Å². The Hall–Kier alpha value is 0.323. The Kier molecular flexibility index (Phi) is 13.9. The van der Waals surface area contributed by atoms with E-state index in [1.54, 1.807) is 103 Å². The van der Waals surface area contributed by atoms with E-state index in [1.807, 2.05) is 36.7 Å². The molecule has 4 rings (SSSR count). The van der Waals surface area contributed by atoms with Crippen LogP contribution in [0.15, 0.2) is 18.2 Å². The summed E-state index contributed by atoms with van der Waals surface area (Å²) in [5, 5.41) is 0. The third-order valence-electron chi connectivity index (χ3n) is 8.00. The van der Waals surface area contributed by atoms with Crippen molar-refractivity contribution in [1.82, 2.24) is 0 Å². The molecule has 0 aliphatic heterocycles. The molecule has 0 amide bonds. The predicted molar refractivity (Wildman–Crippen MR) is 155 cm³/mol. The second kappa shape index (κ2) is 16.3. The van der Waals surface area contributed by atoms with Crippen LogP contribution in [0.4, 0.5) is 0 Å². The van der Waals surface area contributed by atoms with Crippen molar-refractivity contribution in [3.05, 3.63) is 23.8 Å². The first-order chi connectivity index (χ1) is 17.0. The third kappa shape index (κ3) is 9.85. The molecule has 3 aliphatic rings. The Balaban J connectivity index is 0.000000199. The molecule has 202 valence electrons. The molecular formula is C29H48Cl2O2PRu+. The minimum atomic E-state index is -1.86. The average molecular weight is 632 g/mol. The van der Waals surface area contributed by atoms with Crippen molar-refractivity contribution in [2.45, 2.75) is 133 Å². The summed E-state index contributed by atoms with van der Waals surface area (Å²) in [6, 6.07) is 5.67. The van der Waals surface area contributed by atoms with Gasteiger partial charge < -0.3 is 0 Å². The monoisotopic (exact) mass is 631 g/mol. The quantitative estimate of drug-likeness (QED) is 0.220. The predicted octanol–water partition coefficient (Wildman–Crippen LogP) is 9.76. The van der Waals surface area contributed by atoms with Crippen LogP contribution in [0.3, 0.4) is 0 Å². The molecule has 0 heterocycles. The van der Waals surface area contributed by atoms with Crippen LogP contribution in [0.1, 0.15) is 116 Å². The molecule has 3 aliphatic carbocycles. The maximum absolute atomic E-state index is 5.87. The Morgan fingerprint density at radius 2 is 1.26 bits per heavy atom. The zero-order valence-corrected chi connectivity index (χ0v) is 26.4. The van der Waals surface area contributed by atoms with Gasteiger partial charge >= 0.3 is 109 Å². The molecule has 3 fully saturated rings. The van der Waals surface area contributed by atoms with Gasteiger partial charge in [-0.05, 0) is 77.0 Å². The fourth-order valence-corrected chi connectivity index (χ4v) is 13.5. The Bertz CT molecular complexity index is 723. The minimum absolute atomic E-state index is 0.0465. The summed E-state index contributed by atoms with van der Waals surface area (Å²) >= 11 is -1.86. The first-order valence-corrected chi connectivity index (χ1v) is 21.2. The number of rotatable bonds is 7. The Morgan fingerprint density at radius 1 is 0.800 bits per heavy atom. The van der Waals surface area contributed by atoms with E-state index < -0.39 is 13.5 Å². The van der Waals surface area contributed by atoms with E-state index in [0.29, 0.717) is 11.5 Å². The Morgan fingerprint density at radius 3 is 1.63 bits per heavy atom. The standard InChI is InChI=1S/C18H33P.C11H14O2.2ClH.Ru/c1-4-10-16(11-5-1)19(17-12-6-2-7-13-17)18-14-8-3-9-15-18;1-8(2)13-11-9(3)6-5-7-10(11)12-4;;;/h16-18H,1-15H2;3,5-8H,1-2,4H3;2*1H;/q;;;;+2/p-1. The van der Waals surface area contributed by atoms with Crippen LogP contribution in [-0.4, -0.2) is 34.8 Å². The van der Waals surface area contributed by atoms with Gasteiger partial charge in [-0.15, -0.1) is 0 Å². The molecule has 35 heavy (non-hydrogen) atoms. The molecule has 0 bridgehead atoms. The van der Waals surface area contributed by atoms with Gasteiger partial charge in [0, 0.05) is 7.92 Å². The summed E-state index contributed by atoms with van der Waals surface area (Å²) in [7, 11) is 13.3. The van der Waals surface area contributed by atoms with E-state index in [2.05, 4.69) is 0 Å². The first-order valence-electron chi connectivity index (χ1n) is 14.0. The molecule has 0 unspecified atom stereocenters. The molecule has 0 spiro atoms. The number of benzene rings is 1. The van der Waals surface area contributed by atoms with E-state index >= 15 is 0 Å². The third-order valence-corrected chi connectivity index (χ3v) is 14.4. The molecule has 3 saturated carbocycles. The Labute approximate surface area is 229 Å². The zero-order valence-electron chi connectivity index (χ0n) is 22.2. The van der Waals surface area contributed by atoms with Crippen LogP contribution >= 0.6 is 27.3 Å². The molecule has 0 N–H and O–H groups in total. The van der Waals surface area contributed by atoms with Gasteiger partial charge in [0.05, 0.1) is 17.0 Å². The van der Waals surface area contributed by atoms with Crippen LogP contribution in [-0.2, 0) is 13.5 Å². The van der Waals surface area contributed by atoms with E-state index in [-0.39, 0.29) is 14.0 Å². The average Bonchev–Trinajstić information content (AvgIpc) is 2.87. The second-order valence-electron chi connectivity index (χ2n) is 10.9. The molecule has 0 atom stereocenters. The number of hydrogen-bond acceptors (Lipinski definition) is 2. The van der Waals surface area contributed by atoms with Gasteiger partial charge in [-0.2, -0.15) is 0 Å². The van der Waals surface area contributed by atoms with Crippen molar-refractivity contribution >= 4 is 31.9 Å². The summed E-state index contributed by atoms with van der Waals surface area (Å²) in [5.74, 6) is 1.41. The van der Waals surface area contributed by atoms with Gasteiger partial charge in [0.1, 0.15) is 0 Å². The van der Waals surface area contributed by atoms with Gasteiger partial charge in [0.25, 0.3) is 0 Å². The number of methoxy groups -OCH3 is 1. The molecule has 0 radical (unpaired) electrons. The SMILES string of the molecule is C1CCC([PH+](C2CCCCC2)C2CCCCC2)CC1.COc1cccc([CH]=[Ru]([Cl])[Cl])c1OC(C)C. The summed E-state index contributed by atoms with van der Waals surface area (Å²) in [6.45, 7) is 3.93. The molecule has 1 aromatic carbocycles. The number of halogens is 2. The summed E-state index contributed by atoms with van der Waals surface area (Å²) in [4.78, 5) is 0. The van der Waals surface area contributed by atoms with Gasteiger partial charge in [0.15, 0.2) is 0 Å². The van der Waals surface area contributed by atoms with Gasteiger partial charge in [0.2, 0.25) is 0 Å². The maximum atomic E-state index is 5.87. The zero-order chi connectivity index (χ0) is 25.0. The van der Waals surface area contributed by atoms with Crippen molar-refractivity contribution in [3.8, 4) is 11.5 Å². The number of hydrogen-bond donors (Lipinski definition) is 0. The van der Waals surface area contributed by atoms with Crippen molar-refractivity contribution < 1.29 is 23.0 Å². The molecule has 0 saturated heterocycles. The summed E-state index contributed by atoms with van der Waals surface area (Å²) in [5.41, 5.74) is 4.58. The summed E-state index contributed by atoms with van der Waals surface area (Å²) in [6.07, 6.45) is 23.9. The van der Waals surface area contributed by atoms with Crippen molar-refractivity contribution in [1.29, 1.82) is 0 Å². The molecular weight excluding hydrogens is 583 g/mol. The van der Waals surface area contributed by atoms with Crippen LogP contribution in [0.25, 0.3) is 0 Å². The first kappa shape index (κ1) is 29.9. The molecule has 6 heteroatoms. The molecule has 0 aromatic heterocycles. The van der Waals surface area contributed by atoms with Gasteiger partial charge in [-0.1, -0.05) is 19.3 Å². The van der Waals surface area contributed by atoms with E-state index in [9.17, 15) is 0 Å². The van der Waals surface area contributed by atoms with Crippen molar-refractivity contribution in [2.24, 2.45) is 0 Å². The van der Waals surface area contributed by atoms with Crippen LogP contribution < -0.4 is 9.47 Å². The van der Waals surface area contributed by atoms with Crippen LogP contribution in [0.2, 0.25) is 0 Å². The number of para-hydroxylation sites is 1. The fraction of sp³-hybridized carbons (Fsp3) is 0.759.